The van der Waals surface area contributed by atoms with Crippen LogP contribution in [0.25, 0.3) is 23.1 Å². The van der Waals surface area contributed by atoms with E-state index >= 15 is 0 Å². The van der Waals surface area contributed by atoms with Gasteiger partial charge in [-0.3, -0.25) is 19.5 Å². The van der Waals surface area contributed by atoms with E-state index in [-0.39, 0.29) is 17.3 Å². The first-order valence-electron chi connectivity index (χ1n) is 12.8. The number of hydrogen-bond acceptors (Lipinski definition) is 6. The van der Waals surface area contributed by atoms with Gasteiger partial charge in [0.2, 0.25) is 0 Å². The maximum Gasteiger partial charge on any atom is 0.271 e. The van der Waals surface area contributed by atoms with Gasteiger partial charge in [-0.25, -0.2) is 4.99 Å². The van der Waals surface area contributed by atoms with Crippen LogP contribution in [0.4, 0.5) is 5.69 Å². The second-order valence-electron chi connectivity index (χ2n) is 9.79. The van der Waals surface area contributed by atoms with Crippen molar-refractivity contribution >= 4 is 52.0 Å². The van der Waals surface area contributed by atoms with Crippen molar-refractivity contribution in [1.82, 2.24) is 4.57 Å². The maximum absolute atomic E-state index is 13.9. The maximum atomic E-state index is 13.9. The zero-order valence-corrected chi connectivity index (χ0v) is 23.5. The van der Waals surface area contributed by atoms with Gasteiger partial charge >= 0.3 is 0 Å². The number of furan rings is 1. The van der Waals surface area contributed by atoms with Crippen LogP contribution in [0, 0.1) is 10.1 Å². The Morgan fingerprint density at radius 3 is 2.61 bits per heavy atom. The van der Waals surface area contributed by atoms with E-state index in [1.165, 1.54) is 35.1 Å². The van der Waals surface area contributed by atoms with E-state index in [1.54, 1.807) is 22.8 Å². The Morgan fingerprint density at radius 1 is 1.00 bits per heavy atom. The number of hydrogen-bond donors (Lipinski definition) is 0. The third-order valence-corrected chi connectivity index (χ3v) is 8.95. The van der Waals surface area contributed by atoms with E-state index in [0.29, 0.717) is 36.5 Å². The average Bonchev–Trinajstić information content (AvgIpc) is 3.56. The molecule has 3 aromatic carbocycles. The fourth-order valence-electron chi connectivity index (χ4n) is 5.49. The Labute approximate surface area is 247 Å². The molecule has 5 aromatic rings. The molecule has 2 aliphatic rings. The molecule has 0 saturated heterocycles. The summed E-state index contributed by atoms with van der Waals surface area (Å²) in [7, 11) is 0. The predicted molar refractivity (Wildman–Crippen MR) is 160 cm³/mol. The zero-order chi connectivity index (χ0) is 28.2. The summed E-state index contributed by atoms with van der Waals surface area (Å²) in [6, 6.07) is 23.1. The third kappa shape index (κ3) is 4.44. The van der Waals surface area contributed by atoms with Gasteiger partial charge in [-0.2, -0.15) is 0 Å². The Balaban J connectivity index is 1.38. The summed E-state index contributed by atoms with van der Waals surface area (Å²) in [5, 5.41) is 12.2. The molecule has 0 radical (unpaired) electrons. The van der Waals surface area contributed by atoms with E-state index in [2.05, 4.69) is 12.1 Å². The highest BCUT2D eigenvalue weighted by molar-refractivity contribution is 7.07. The van der Waals surface area contributed by atoms with Crippen LogP contribution in [-0.2, 0) is 6.42 Å². The Morgan fingerprint density at radius 2 is 1.80 bits per heavy atom. The number of rotatable bonds is 4. The SMILES string of the molecule is O=c1/c(=C\c2ccc(-c3cc([N+](=O)[O-])ccc3Cl)o2)sc2n1[C@@H](c1ccc(Cl)cc1)C1=C(N=2)c2ccccc2CC1. The summed E-state index contributed by atoms with van der Waals surface area (Å²) in [6.07, 6.45) is 3.33. The van der Waals surface area contributed by atoms with Crippen molar-refractivity contribution in [1.29, 1.82) is 0 Å². The first kappa shape index (κ1) is 25.7. The molecule has 0 fully saturated rings. The van der Waals surface area contributed by atoms with Crippen molar-refractivity contribution in [3.63, 3.8) is 0 Å². The fraction of sp³-hybridized carbons (Fsp3) is 0.0968. The molecule has 0 N–H and O–H groups in total. The Kier molecular flexibility index (Phi) is 6.27. The summed E-state index contributed by atoms with van der Waals surface area (Å²) in [6.45, 7) is 0. The van der Waals surface area contributed by atoms with E-state index in [1.807, 2.05) is 36.4 Å². The first-order chi connectivity index (χ1) is 19.9. The summed E-state index contributed by atoms with van der Waals surface area (Å²) in [4.78, 5) is 30.3. The molecular formula is C31H19Cl2N3O4S. The summed E-state index contributed by atoms with van der Waals surface area (Å²) in [5.74, 6) is 0.786. The highest BCUT2D eigenvalue weighted by atomic mass is 35.5. The van der Waals surface area contributed by atoms with Crippen LogP contribution in [0.15, 0.2) is 98.6 Å². The molecule has 0 saturated carbocycles. The number of aromatic nitrogens is 1. The molecular weight excluding hydrogens is 581 g/mol. The molecule has 41 heavy (non-hydrogen) atoms. The highest BCUT2D eigenvalue weighted by Crippen LogP contribution is 2.41. The number of thiazole rings is 1. The lowest BCUT2D eigenvalue weighted by atomic mass is 9.83. The Hall–Kier alpha value is -4.24. The molecule has 0 bridgehead atoms. The molecule has 0 amide bonds. The highest BCUT2D eigenvalue weighted by Gasteiger charge is 2.32. The van der Waals surface area contributed by atoms with Crippen LogP contribution in [0.2, 0.25) is 10.0 Å². The number of halogens is 2. The largest absolute Gasteiger partial charge is 0.457 e. The molecule has 3 heterocycles. The molecule has 202 valence electrons. The fourth-order valence-corrected chi connectivity index (χ4v) is 6.81. The Bertz CT molecular complexity index is 2090. The molecule has 7 nitrogen and oxygen atoms in total. The number of non-ortho nitro benzene ring substituents is 1. The van der Waals surface area contributed by atoms with Crippen molar-refractivity contribution in [3.05, 3.63) is 147 Å². The number of fused-ring (bicyclic) bond motifs is 3. The van der Waals surface area contributed by atoms with Gasteiger partial charge in [0, 0.05) is 34.4 Å². The van der Waals surface area contributed by atoms with Crippen molar-refractivity contribution in [2.75, 3.05) is 0 Å². The van der Waals surface area contributed by atoms with E-state index in [4.69, 9.17) is 32.6 Å². The van der Waals surface area contributed by atoms with Crippen molar-refractivity contribution < 1.29 is 9.34 Å². The number of nitrogens with zero attached hydrogens (tertiary/aromatic N) is 3. The monoisotopic (exact) mass is 599 g/mol. The van der Waals surface area contributed by atoms with Crippen LogP contribution in [0.3, 0.4) is 0 Å². The molecule has 2 aromatic heterocycles. The van der Waals surface area contributed by atoms with Gasteiger partial charge in [0.25, 0.3) is 11.2 Å². The van der Waals surface area contributed by atoms with Crippen LogP contribution in [0.1, 0.15) is 34.9 Å². The summed E-state index contributed by atoms with van der Waals surface area (Å²) >= 11 is 13.8. The molecule has 1 atom stereocenters. The molecule has 10 heteroatoms. The van der Waals surface area contributed by atoms with E-state index in [9.17, 15) is 14.9 Å². The van der Waals surface area contributed by atoms with Crippen LogP contribution >= 0.6 is 34.5 Å². The molecule has 1 aliphatic carbocycles. The quantitative estimate of drug-likeness (QED) is 0.168. The van der Waals surface area contributed by atoms with Gasteiger partial charge in [-0.15, -0.1) is 0 Å². The number of benzene rings is 3. The molecule has 7 rings (SSSR count). The number of allylic oxidation sites excluding steroid dienone is 1. The van der Waals surface area contributed by atoms with Gasteiger partial charge in [0.15, 0.2) is 4.80 Å². The first-order valence-corrected chi connectivity index (χ1v) is 14.4. The predicted octanol–water partition coefficient (Wildman–Crippen LogP) is 6.79. The molecule has 1 aliphatic heterocycles. The van der Waals surface area contributed by atoms with Gasteiger partial charge in [0.05, 0.1) is 26.2 Å². The minimum Gasteiger partial charge on any atom is -0.457 e. The molecule has 0 spiro atoms. The topological polar surface area (TPSA) is 90.6 Å². The minimum absolute atomic E-state index is 0.0941. The summed E-state index contributed by atoms with van der Waals surface area (Å²) < 4.78 is 8.20. The van der Waals surface area contributed by atoms with Crippen LogP contribution in [-0.4, -0.2) is 9.49 Å². The lowest BCUT2D eigenvalue weighted by Gasteiger charge is -2.30. The van der Waals surface area contributed by atoms with Crippen LogP contribution in [0.5, 0.6) is 0 Å². The van der Waals surface area contributed by atoms with Gasteiger partial charge in [-0.05, 0) is 59.9 Å². The molecule has 0 unspecified atom stereocenters. The minimum atomic E-state index is -0.487. The number of nitro benzene ring substituents is 1. The van der Waals surface area contributed by atoms with E-state index in [0.717, 1.165) is 35.2 Å². The lowest BCUT2D eigenvalue weighted by molar-refractivity contribution is -0.384. The summed E-state index contributed by atoms with van der Waals surface area (Å²) in [5.41, 5.74) is 5.45. The smallest absolute Gasteiger partial charge is 0.271 e. The lowest BCUT2D eigenvalue weighted by Crippen LogP contribution is -2.38. The third-order valence-electron chi connectivity index (χ3n) is 7.39. The van der Waals surface area contributed by atoms with Crippen molar-refractivity contribution in [2.24, 2.45) is 4.99 Å². The number of aryl methyl sites for hydroxylation is 1. The second kappa shape index (κ2) is 9.99. The van der Waals surface area contributed by atoms with Gasteiger partial charge in [0.1, 0.15) is 11.5 Å². The van der Waals surface area contributed by atoms with Gasteiger partial charge in [-0.1, -0.05) is 70.9 Å². The van der Waals surface area contributed by atoms with Crippen LogP contribution < -0.4 is 14.9 Å². The normalized spacial score (nSPS) is 16.1. The second-order valence-corrected chi connectivity index (χ2v) is 11.6. The van der Waals surface area contributed by atoms with E-state index < -0.39 is 4.92 Å². The standard InChI is InChI=1S/C31H19Cl2N3O4S/c32-19-8-5-18(6-9-19)29-23-12-7-17-3-1-2-4-22(17)28(23)34-31-35(29)30(37)27(41-31)16-21-11-14-26(40-21)24-15-20(36(38)39)10-13-25(24)33/h1-6,8-11,13-16,29H,7,12H2/b27-16+/t29-/m0/s1. The average molecular weight is 600 g/mol. The van der Waals surface area contributed by atoms with Crippen molar-refractivity contribution in [3.8, 4) is 11.3 Å². The van der Waals surface area contributed by atoms with Crippen molar-refractivity contribution in [2.45, 2.75) is 18.9 Å². The number of nitro groups is 1. The zero-order valence-electron chi connectivity index (χ0n) is 21.2. The van der Waals surface area contributed by atoms with Gasteiger partial charge < -0.3 is 4.42 Å².